The largest absolute Gasteiger partial charge is 0.478 e. The average molecular weight is 553 g/mol. The van der Waals surface area contributed by atoms with Crippen molar-refractivity contribution in [1.29, 1.82) is 0 Å². The van der Waals surface area contributed by atoms with E-state index in [-0.39, 0.29) is 11.7 Å². The van der Waals surface area contributed by atoms with Crippen molar-refractivity contribution in [3.63, 3.8) is 0 Å². The Morgan fingerprint density at radius 3 is 2.54 bits per heavy atom. The molecule has 3 aliphatic heterocycles. The molecule has 0 bridgehead atoms. The van der Waals surface area contributed by atoms with E-state index >= 15 is 0 Å². The number of pyridine rings is 1. The summed E-state index contributed by atoms with van der Waals surface area (Å²) in [5.41, 5.74) is 4.65. The van der Waals surface area contributed by atoms with Gasteiger partial charge in [0, 0.05) is 45.9 Å². The van der Waals surface area contributed by atoms with Crippen molar-refractivity contribution in [3.05, 3.63) is 83.2 Å². The zero-order chi connectivity index (χ0) is 27.8. The number of hydrogen-bond acceptors (Lipinski definition) is 7. The summed E-state index contributed by atoms with van der Waals surface area (Å²) >= 11 is 0. The Hall–Kier alpha value is -3.95. The summed E-state index contributed by atoms with van der Waals surface area (Å²) in [6.07, 6.45) is 3.43. The van der Waals surface area contributed by atoms with Crippen LogP contribution in [-0.2, 0) is 30.8 Å². The van der Waals surface area contributed by atoms with Crippen molar-refractivity contribution < 1.29 is 14.6 Å². The summed E-state index contributed by atoms with van der Waals surface area (Å²) in [4.78, 5) is 29.0. The van der Waals surface area contributed by atoms with E-state index in [4.69, 9.17) is 14.7 Å². The molecule has 0 radical (unpaired) electrons. The van der Waals surface area contributed by atoms with Gasteiger partial charge in [-0.25, -0.2) is 14.8 Å². The summed E-state index contributed by atoms with van der Waals surface area (Å²) in [5, 5.41) is 9.53. The van der Waals surface area contributed by atoms with Gasteiger partial charge in [-0.2, -0.15) is 0 Å². The molecule has 7 rings (SSSR count). The fourth-order valence-corrected chi connectivity index (χ4v) is 6.23. The lowest BCUT2D eigenvalue weighted by atomic mass is 10.0. The van der Waals surface area contributed by atoms with Crippen LogP contribution in [0.25, 0.3) is 11.0 Å². The van der Waals surface area contributed by atoms with Crippen molar-refractivity contribution in [2.45, 2.75) is 45.0 Å². The van der Waals surface area contributed by atoms with Crippen LogP contribution in [0.2, 0.25) is 0 Å². The molecule has 1 unspecified atom stereocenters. The van der Waals surface area contributed by atoms with E-state index in [9.17, 15) is 9.90 Å². The third kappa shape index (κ3) is 5.39. The van der Waals surface area contributed by atoms with E-state index in [1.54, 1.807) is 12.1 Å². The molecule has 2 saturated heterocycles. The number of benzene rings is 2. The van der Waals surface area contributed by atoms with Gasteiger partial charge in [-0.1, -0.05) is 36.4 Å². The Kier molecular flexibility index (Phi) is 7.06. The standard InChI is InChI=1S/C32H36N6O3/c39-32(40)25-8-10-27-28(19-25)38(21-26-12-18-41-26)30(33-27)22-35-14-16-36(17-15-35)29-11-9-24-7-4-13-37(31(24)34-29)20-23-5-2-1-3-6-23/h1-3,5-6,8-11,19,26H,4,7,12-18,20-22H2,(H,39,40). The summed E-state index contributed by atoms with van der Waals surface area (Å²) in [5.74, 6) is 2.23. The predicted octanol–water partition coefficient (Wildman–Crippen LogP) is 4.19. The quantitative estimate of drug-likeness (QED) is 0.348. The number of rotatable bonds is 8. The van der Waals surface area contributed by atoms with Gasteiger partial charge < -0.3 is 24.2 Å². The minimum absolute atomic E-state index is 0.160. The number of ether oxygens (including phenoxy) is 1. The highest BCUT2D eigenvalue weighted by Gasteiger charge is 2.26. The molecule has 41 heavy (non-hydrogen) atoms. The Morgan fingerprint density at radius 2 is 1.78 bits per heavy atom. The van der Waals surface area contributed by atoms with Crippen LogP contribution in [0.5, 0.6) is 0 Å². The molecule has 4 aromatic rings. The fourth-order valence-electron chi connectivity index (χ4n) is 6.23. The van der Waals surface area contributed by atoms with Crippen LogP contribution in [0.3, 0.4) is 0 Å². The number of carboxylic acid groups (broad SMARTS) is 1. The van der Waals surface area contributed by atoms with Crippen LogP contribution < -0.4 is 9.80 Å². The summed E-state index contributed by atoms with van der Waals surface area (Å²) in [6, 6.07) is 20.3. The second-order valence-corrected chi connectivity index (χ2v) is 11.4. The SMILES string of the molecule is O=C(O)c1ccc2nc(CN3CCN(c4ccc5c(n4)N(Cc4ccccc4)CCC5)CC3)n(CC3CCO3)c2c1. The first-order chi connectivity index (χ1) is 20.1. The number of aromatic carboxylic acids is 1. The molecule has 1 atom stereocenters. The van der Waals surface area contributed by atoms with Crippen LogP contribution >= 0.6 is 0 Å². The van der Waals surface area contributed by atoms with Crippen molar-refractivity contribution >= 4 is 28.6 Å². The first-order valence-corrected chi connectivity index (χ1v) is 14.7. The first kappa shape index (κ1) is 26.0. The molecular weight excluding hydrogens is 516 g/mol. The lowest BCUT2D eigenvalue weighted by Crippen LogP contribution is -2.46. The normalized spacial score (nSPS) is 19.3. The number of aryl methyl sites for hydroxylation is 1. The van der Waals surface area contributed by atoms with E-state index in [2.05, 4.69) is 61.7 Å². The van der Waals surface area contributed by atoms with Gasteiger partial charge in [0.2, 0.25) is 0 Å². The molecule has 0 saturated carbocycles. The average Bonchev–Trinajstić information content (AvgIpc) is 3.31. The van der Waals surface area contributed by atoms with Crippen molar-refractivity contribution in [3.8, 4) is 0 Å². The number of piperazine rings is 1. The number of carboxylic acids is 1. The third-order valence-corrected chi connectivity index (χ3v) is 8.65. The van der Waals surface area contributed by atoms with Gasteiger partial charge in [0.1, 0.15) is 17.5 Å². The monoisotopic (exact) mass is 552 g/mol. The highest BCUT2D eigenvalue weighted by atomic mass is 16.5. The topological polar surface area (TPSA) is 87.0 Å². The number of imidazole rings is 1. The van der Waals surface area contributed by atoms with Gasteiger partial charge >= 0.3 is 5.97 Å². The van der Waals surface area contributed by atoms with Crippen LogP contribution in [0, 0.1) is 0 Å². The Morgan fingerprint density at radius 1 is 0.951 bits per heavy atom. The van der Waals surface area contributed by atoms with E-state index in [0.29, 0.717) is 6.54 Å². The van der Waals surface area contributed by atoms with Crippen molar-refractivity contribution in [1.82, 2.24) is 19.4 Å². The molecule has 2 aromatic carbocycles. The lowest BCUT2D eigenvalue weighted by molar-refractivity contribution is -0.0592. The fraction of sp³-hybridized carbons (Fsp3) is 0.406. The highest BCUT2D eigenvalue weighted by molar-refractivity contribution is 5.92. The Bertz CT molecular complexity index is 1540. The zero-order valence-electron chi connectivity index (χ0n) is 23.3. The molecule has 1 N–H and O–H groups in total. The number of nitrogens with zero attached hydrogens (tertiary/aromatic N) is 6. The van der Waals surface area contributed by atoms with Crippen LogP contribution in [-0.4, -0.2) is 75.9 Å². The third-order valence-electron chi connectivity index (χ3n) is 8.65. The van der Waals surface area contributed by atoms with Gasteiger partial charge in [-0.05, 0) is 54.7 Å². The minimum Gasteiger partial charge on any atom is -0.478 e. The molecule has 9 heteroatoms. The smallest absolute Gasteiger partial charge is 0.335 e. The van der Waals surface area contributed by atoms with Crippen molar-refractivity contribution in [2.24, 2.45) is 0 Å². The van der Waals surface area contributed by atoms with E-state index in [1.807, 2.05) is 6.07 Å². The Labute approximate surface area is 240 Å². The van der Waals surface area contributed by atoms with Crippen LogP contribution in [0.1, 0.15) is 40.2 Å². The maximum atomic E-state index is 11.6. The summed E-state index contributed by atoms with van der Waals surface area (Å²) < 4.78 is 7.89. The molecular formula is C32H36N6O3. The van der Waals surface area contributed by atoms with Gasteiger partial charge in [0.15, 0.2) is 0 Å². The van der Waals surface area contributed by atoms with Crippen LogP contribution in [0.15, 0.2) is 60.7 Å². The first-order valence-electron chi connectivity index (χ1n) is 14.7. The second kappa shape index (κ2) is 11.1. The molecule has 2 fully saturated rings. The summed E-state index contributed by atoms with van der Waals surface area (Å²) in [6.45, 7) is 7.76. The molecule has 212 valence electrons. The Balaban J connectivity index is 1.05. The van der Waals surface area contributed by atoms with Gasteiger partial charge in [0.25, 0.3) is 0 Å². The molecule has 5 heterocycles. The number of fused-ring (bicyclic) bond motifs is 2. The summed E-state index contributed by atoms with van der Waals surface area (Å²) in [7, 11) is 0. The van der Waals surface area contributed by atoms with E-state index < -0.39 is 5.97 Å². The molecule has 9 nitrogen and oxygen atoms in total. The van der Waals surface area contributed by atoms with Crippen molar-refractivity contribution in [2.75, 3.05) is 49.1 Å². The molecule has 0 aliphatic carbocycles. The maximum Gasteiger partial charge on any atom is 0.335 e. The van der Waals surface area contributed by atoms with Crippen LogP contribution in [0.4, 0.5) is 11.6 Å². The van der Waals surface area contributed by atoms with Gasteiger partial charge in [-0.3, -0.25) is 4.90 Å². The molecule has 3 aliphatic rings. The number of anilines is 2. The van der Waals surface area contributed by atoms with Gasteiger partial charge in [-0.15, -0.1) is 0 Å². The zero-order valence-corrected chi connectivity index (χ0v) is 23.3. The minimum atomic E-state index is -0.920. The lowest BCUT2D eigenvalue weighted by Gasteiger charge is -2.37. The maximum absolute atomic E-state index is 11.6. The molecule has 0 spiro atoms. The molecule has 0 amide bonds. The van der Waals surface area contributed by atoms with Gasteiger partial charge in [0.05, 0.1) is 35.8 Å². The van der Waals surface area contributed by atoms with E-state index in [1.165, 1.54) is 11.1 Å². The predicted molar refractivity (Wildman–Crippen MR) is 159 cm³/mol. The van der Waals surface area contributed by atoms with E-state index in [0.717, 1.165) is 100 Å². The number of carbonyl (C=O) groups is 1. The molecule has 2 aromatic heterocycles. The highest BCUT2D eigenvalue weighted by Crippen LogP contribution is 2.30. The number of hydrogen-bond donors (Lipinski definition) is 1. The second-order valence-electron chi connectivity index (χ2n) is 11.4. The number of aromatic nitrogens is 3.